The number of ether oxygens (including phenoxy) is 1. The van der Waals surface area contributed by atoms with Gasteiger partial charge in [0.15, 0.2) is 0 Å². The van der Waals surface area contributed by atoms with Crippen LogP contribution in [0.5, 0.6) is 5.88 Å². The fourth-order valence-electron chi connectivity index (χ4n) is 3.23. The minimum Gasteiger partial charge on any atom is -0.481 e. The molecule has 0 unspecified atom stereocenters. The lowest BCUT2D eigenvalue weighted by Crippen LogP contribution is -2.44. The van der Waals surface area contributed by atoms with Crippen LogP contribution in [0.3, 0.4) is 0 Å². The summed E-state index contributed by atoms with van der Waals surface area (Å²) in [5.74, 6) is 1.29. The predicted molar refractivity (Wildman–Crippen MR) is 99.1 cm³/mol. The van der Waals surface area contributed by atoms with Crippen molar-refractivity contribution in [3.63, 3.8) is 0 Å². The summed E-state index contributed by atoms with van der Waals surface area (Å²) in [6.45, 7) is 5.81. The van der Waals surface area contributed by atoms with E-state index in [9.17, 15) is 0 Å². The fraction of sp³-hybridized carbons (Fsp3) is 0.316. The maximum absolute atomic E-state index is 8.07. The molecule has 0 atom stereocenters. The molecule has 0 aliphatic carbocycles. The Hall–Kier alpha value is -2.73. The van der Waals surface area contributed by atoms with Crippen molar-refractivity contribution in [2.24, 2.45) is 0 Å². The van der Waals surface area contributed by atoms with Crippen LogP contribution in [0.2, 0.25) is 0 Å². The molecule has 128 valence electrons. The molecule has 0 spiro atoms. The van der Waals surface area contributed by atoms with Gasteiger partial charge in [-0.3, -0.25) is 0 Å². The molecule has 1 saturated heterocycles. The summed E-state index contributed by atoms with van der Waals surface area (Å²) in [5, 5.41) is 4.40. The Kier molecular flexibility index (Phi) is 3.88. The number of methoxy groups -OCH3 is 1. The number of nitrogens with zero attached hydrogens (tertiary/aromatic N) is 4. The zero-order valence-electron chi connectivity index (χ0n) is 15.4. The normalized spacial score (nSPS) is 15.3. The maximum Gasteiger partial charge on any atom is 0.212 e. The SMILES string of the molecule is [2H]c1cc(-c2cc3c(N4CCNCC4)ncnc3cc2C)cnc1OC. The van der Waals surface area contributed by atoms with Gasteiger partial charge < -0.3 is 15.0 Å². The molecule has 0 amide bonds. The third kappa shape index (κ3) is 3.00. The van der Waals surface area contributed by atoms with Gasteiger partial charge in [-0.05, 0) is 36.2 Å². The number of pyridine rings is 1. The van der Waals surface area contributed by atoms with Gasteiger partial charge in [0, 0.05) is 49.4 Å². The Morgan fingerprint density at radius 1 is 1.20 bits per heavy atom. The van der Waals surface area contributed by atoms with Gasteiger partial charge in [-0.15, -0.1) is 0 Å². The Balaban J connectivity index is 1.85. The predicted octanol–water partition coefficient (Wildman–Crippen LogP) is 2.42. The lowest BCUT2D eigenvalue weighted by atomic mass is 9.99. The molecule has 6 nitrogen and oxygen atoms in total. The molecule has 2 aromatic heterocycles. The first-order chi connectivity index (χ1) is 12.7. The van der Waals surface area contributed by atoms with Gasteiger partial charge in [0.05, 0.1) is 14.0 Å². The molecular weight excluding hydrogens is 314 g/mol. The minimum absolute atomic E-state index is 0.274. The van der Waals surface area contributed by atoms with Crippen molar-refractivity contribution >= 4 is 16.7 Å². The van der Waals surface area contributed by atoms with E-state index in [4.69, 9.17) is 6.11 Å². The Bertz CT molecular complexity index is 956. The molecule has 0 saturated carbocycles. The number of aryl methyl sites for hydroxylation is 1. The summed E-state index contributed by atoms with van der Waals surface area (Å²) in [7, 11) is 1.53. The fourth-order valence-corrected chi connectivity index (χ4v) is 3.23. The molecule has 3 heterocycles. The van der Waals surface area contributed by atoms with Crippen LogP contribution >= 0.6 is 0 Å². The summed E-state index contributed by atoms with van der Waals surface area (Å²) >= 11 is 0. The number of hydrogen-bond acceptors (Lipinski definition) is 6. The standard InChI is InChI=1S/C19H21N5O/c1-13-9-17-16(10-15(13)14-3-4-18(25-2)21-11-14)19(23-12-22-17)24-7-5-20-6-8-24/h3-4,9-12,20H,5-8H2,1-2H3/i4D. The second kappa shape index (κ2) is 6.64. The van der Waals surface area contributed by atoms with Crippen LogP contribution in [-0.4, -0.2) is 48.2 Å². The Morgan fingerprint density at radius 2 is 2.04 bits per heavy atom. The molecule has 1 aromatic carbocycles. The molecule has 6 heteroatoms. The van der Waals surface area contributed by atoms with Gasteiger partial charge in [-0.25, -0.2) is 15.0 Å². The zero-order valence-corrected chi connectivity index (χ0v) is 14.4. The molecular formula is C19H21N5O. The van der Waals surface area contributed by atoms with E-state index >= 15 is 0 Å². The quantitative estimate of drug-likeness (QED) is 0.792. The van der Waals surface area contributed by atoms with Crippen molar-refractivity contribution in [1.82, 2.24) is 20.3 Å². The monoisotopic (exact) mass is 336 g/mol. The van der Waals surface area contributed by atoms with Crippen molar-refractivity contribution in [2.75, 3.05) is 38.2 Å². The largest absolute Gasteiger partial charge is 0.481 e. The van der Waals surface area contributed by atoms with Crippen molar-refractivity contribution in [2.45, 2.75) is 6.92 Å². The van der Waals surface area contributed by atoms with E-state index in [1.165, 1.54) is 7.11 Å². The highest BCUT2D eigenvalue weighted by atomic mass is 16.5. The molecule has 1 aliphatic rings. The molecule has 1 N–H and O–H groups in total. The van der Waals surface area contributed by atoms with Gasteiger partial charge in [-0.2, -0.15) is 0 Å². The van der Waals surface area contributed by atoms with Gasteiger partial charge in [0.1, 0.15) is 12.1 Å². The maximum atomic E-state index is 8.07. The highest BCUT2D eigenvalue weighted by Crippen LogP contribution is 2.31. The number of rotatable bonds is 3. The van der Waals surface area contributed by atoms with Crippen LogP contribution in [0.25, 0.3) is 22.0 Å². The summed E-state index contributed by atoms with van der Waals surface area (Å²) in [6, 6.07) is 6.25. The van der Waals surface area contributed by atoms with Crippen LogP contribution in [0.1, 0.15) is 6.93 Å². The lowest BCUT2D eigenvalue weighted by molar-refractivity contribution is 0.398. The minimum atomic E-state index is 0.274. The number of fused-ring (bicyclic) bond motifs is 1. The highest BCUT2D eigenvalue weighted by molar-refractivity contribution is 5.94. The summed E-state index contributed by atoms with van der Waals surface area (Å²) in [6.07, 6.45) is 3.38. The van der Waals surface area contributed by atoms with Crippen LogP contribution in [0, 0.1) is 6.92 Å². The van der Waals surface area contributed by atoms with Gasteiger partial charge in [0.25, 0.3) is 0 Å². The van der Waals surface area contributed by atoms with E-state index in [2.05, 4.69) is 44.2 Å². The van der Waals surface area contributed by atoms with E-state index in [1.54, 1.807) is 18.6 Å². The lowest BCUT2D eigenvalue weighted by Gasteiger charge is -2.29. The van der Waals surface area contributed by atoms with Crippen LogP contribution < -0.4 is 15.0 Å². The summed E-state index contributed by atoms with van der Waals surface area (Å²) in [4.78, 5) is 15.5. The summed E-state index contributed by atoms with van der Waals surface area (Å²) < 4.78 is 13.2. The van der Waals surface area contributed by atoms with Gasteiger partial charge >= 0.3 is 0 Å². The molecule has 4 rings (SSSR count). The van der Waals surface area contributed by atoms with Gasteiger partial charge in [-0.1, -0.05) is 0 Å². The highest BCUT2D eigenvalue weighted by Gasteiger charge is 2.16. The van der Waals surface area contributed by atoms with E-state index in [0.717, 1.165) is 59.6 Å². The topological polar surface area (TPSA) is 63.2 Å². The molecule has 0 radical (unpaired) electrons. The van der Waals surface area contributed by atoms with Crippen molar-refractivity contribution in [1.29, 1.82) is 0 Å². The van der Waals surface area contributed by atoms with Crippen molar-refractivity contribution < 1.29 is 6.11 Å². The second-order valence-corrected chi connectivity index (χ2v) is 6.13. The average molecular weight is 336 g/mol. The number of nitrogens with one attached hydrogen (secondary N) is 1. The first kappa shape index (κ1) is 14.6. The van der Waals surface area contributed by atoms with Crippen LogP contribution in [0.4, 0.5) is 5.82 Å². The van der Waals surface area contributed by atoms with Crippen LogP contribution in [-0.2, 0) is 0 Å². The number of hydrogen-bond donors (Lipinski definition) is 1. The summed E-state index contributed by atoms with van der Waals surface area (Å²) in [5.41, 5.74) is 3.95. The van der Waals surface area contributed by atoms with Crippen LogP contribution in [0.15, 0.2) is 36.8 Å². The Morgan fingerprint density at radius 3 is 2.80 bits per heavy atom. The van der Waals surface area contributed by atoms with Gasteiger partial charge in [0.2, 0.25) is 5.88 Å². The molecule has 0 bridgehead atoms. The number of piperazine rings is 1. The zero-order chi connectivity index (χ0) is 18.1. The first-order valence-electron chi connectivity index (χ1n) is 8.89. The number of aromatic nitrogens is 3. The Labute approximate surface area is 148 Å². The van der Waals surface area contributed by atoms with E-state index in [-0.39, 0.29) is 6.04 Å². The van der Waals surface area contributed by atoms with E-state index in [0.29, 0.717) is 5.88 Å². The van der Waals surface area contributed by atoms with Crippen molar-refractivity contribution in [3.8, 4) is 17.0 Å². The molecule has 25 heavy (non-hydrogen) atoms. The third-order valence-electron chi connectivity index (χ3n) is 4.55. The smallest absolute Gasteiger partial charge is 0.212 e. The second-order valence-electron chi connectivity index (χ2n) is 6.13. The van der Waals surface area contributed by atoms with E-state index < -0.39 is 0 Å². The molecule has 1 aliphatic heterocycles. The number of benzene rings is 1. The molecule has 3 aromatic rings. The van der Waals surface area contributed by atoms with E-state index in [1.807, 2.05) is 0 Å². The first-order valence-corrected chi connectivity index (χ1v) is 8.39. The third-order valence-corrected chi connectivity index (χ3v) is 4.55. The number of anilines is 1. The average Bonchev–Trinajstić information content (AvgIpc) is 2.67. The molecule has 1 fully saturated rings. The van der Waals surface area contributed by atoms with Crippen molar-refractivity contribution in [3.05, 3.63) is 42.3 Å².